The molecule has 1 aromatic rings. The maximum Gasteiger partial charge on any atom is 0.257 e. The monoisotopic (exact) mass is 390 g/mol. The van der Waals surface area contributed by atoms with Crippen LogP contribution in [0.1, 0.15) is 59.9 Å². The molecule has 1 aromatic heterocycles. The fourth-order valence-electron chi connectivity index (χ4n) is 4.45. The average molecular weight is 391 g/mol. The molecule has 0 radical (unpaired) electrons. The molecule has 5 heteroatoms. The molecule has 26 heavy (non-hydrogen) atoms. The molecule has 0 aromatic carbocycles. The van der Waals surface area contributed by atoms with Crippen molar-refractivity contribution in [2.24, 2.45) is 5.92 Å². The Morgan fingerprint density at radius 3 is 3.04 bits per heavy atom. The lowest BCUT2D eigenvalue weighted by Crippen LogP contribution is -2.36. The molecular weight excluding hydrogens is 360 g/mol. The van der Waals surface area contributed by atoms with E-state index < -0.39 is 0 Å². The number of hydrogen-bond donors (Lipinski definition) is 1. The van der Waals surface area contributed by atoms with Gasteiger partial charge < -0.3 is 10.2 Å². The number of amides is 1. The van der Waals surface area contributed by atoms with Gasteiger partial charge in [0.2, 0.25) is 0 Å². The van der Waals surface area contributed by atoms with Crippen molar-refractivity contribution in [1.29, 1.82) is 0 Å². The Morgan fingerprint density at radius 2 is 2.15 bits per heavy atom. The topological polar surface area (TPSA) is 32.3 Å². The van der Waals surface area contributed by atoms with E-state index in [1.807, 2.05) is 11.3 Å². The fourth-order valence-corrected chi connectivity index (χ4v) is 7.01. The smallest absolute Gasteiger partial charge is 0.257 e. The van der Waals surface area contributed by atoms with Crippen LogP contribution in [0.3, 0.4) is 0 Å². The highest BCUT2D eigenvalue weighted by Crippen LogP contribution is 2.42. The third-order valence-electron chi connectivity index (χ3n) is 5.85. The van der Waals surface area contributed by atoms with Crippen molar-refractivity contribution in [1.82, 2.24) is 10.2 Å². The zero-order chi connectivity index (χ0) is 17.9. The highest BCUT2D eigenvalue weighted by atomic mass is 32.2. The number of carbonyl (C=O) groups is 1. The van der Waals surface area contributed by atoms with E-state index in [9.17, 15) is 4.79 Å². The predicted molar refractivity (Wildman–Crippen MR) is 113 cm³/mol. The van der Waals surface area contributed by atoms with Gasteiger partial charge in [-0.15, -0.1) is 23.1 Å². The molecule has 142 valence electrons. The van der Waals surface area contributed by atoms with Crippen molar-refractivity contribution in [2.45, 2.75) is 57.6 Å². The molecule has 3 nitrogen and oxygen atoms in total. The lowest BCUT2D eigenvalue weighted by atomic mass is 9.95. The van der Waals surface area contributed by atoms with Crippen LogP contribution in [-0.2, 0) is 23.4 Å². The first-order valence-corrected chi connectivity index (χ1v) is 12.0. The van der Waals surface area contributed by atoms with E-state index in [4.69, 9.17) is 0 Å². The van der Waals surface area contributed by atoms with E-state index >= 15 is 0 Å². The Morgan fingerprint density at radius 1 is 1.27 bits per heavy atom. The summed E-state index contributed by atoms with van der Waals surface area (Å²) in [7, 11) is 0. The maximum absolute atomic E-state index is 12.5. The Kier molecular flexibility index (Phi) is 6.07. The summed E-state index contributed by atoms with van der Waals surface area (Å²) >= 11 is 3.65. The standard InChI is InChI=1S/C21H30N2OS2/c1-15-6-4-10-23(13-15)11-5-9-22-21(24)20-12-19-17(14-25-20)16-7-2-3-8-18(16)26-19/h12,15H,2-11,13-14H2,1H3,(H,22,24). The van der Waals surface area contributed by atoms with Gasteiger partial charge in [-0.2, -0.15) is 0 Å². The van der Waals surface area contributed by atoms with E-state index in [1.54, 1.807) is 22.2 Å². The first kappa shape index (κ1) is 18.6. The minimum absolute atomic E-state index is 0.124. The summed E-state index contributed by atoms with van der Waals surface area (Å²) < 4.78 is 0. The summed E-state index contributed by atoms with van der Waals surface area (Å²) in [5, 5.41) is 3.15. The number of fused-ring (bicyclic) bond motifs is 3. The van der Waals surface area contributed by atoms with E-state index in [2.05, 4.69) is 23.2 Å². The van der Waals surface area contributed by atoms with Crippen LogP contribution in [0.2, 0.25) is 0 Å². The van der Waals surface area contributed by atoms with Crippen LogP contribution in [0.4, 0.5) is 0 Å². The van der Waals surface area contributed by atoms with Crippen LogP contribution in [0.25, 0.3) is 6.08 Å². The molecule has 1 saturated heterocycles. The SMILES string of the molecule is CC1CCCN(CCCNC(=O)C2=Cc3sc4c(c3CS2)CCCC4)C1. The fraction of sp³-hybridized carbons (Fsp3) is 0.667. The van der Waals surface area contributed by atoms with E-state index in [0.717, 1.165) is 36.1 Å². The second-order valence-corrected chi connectivity index (χ2v) is 10.2. The summed E-state index contributed by atoms with van der Waals surface area (Å²) in [4.78, 5) is 18.9. The highest BCUT2D eigenvalue weighted by molar-refractivity contribution is 8.03. The van der Waals surface area contributed by atoms with Gasteiger partial charge >= 0.3 is 0 Å². The van der Waals surface area contributed by atoms with Gasteiger partial charge in [-0.1, -0.05) is 6.92 Å². The summed E-state index contributed by atoms with van der Waals surface area (Å²) in [6.45, 7) is 6.69. The molecule has 1 unspecified atom stereocenters. The van der Waals surface area contributed by atoms with Crippen molar-refractivity contribution in [2.75, 3.05) is 26.2 Å². The molecule has 1 amide bonds. The number of carbonyl (C=O) groups excluding carboxylic acids is 1. The van der Waals surface area contributed by atoms with Crippen molar-refractivity contribution in [3.8, 4) is 0 Å². The molecule has 0 bridgehead atoms. The van der Waals surface area contributed by atoms with Crippen LogP contribution < -0.4 is 5.32 Å². The molecular formula is C21H30N2OS2. The quantitative estimate of drug-likeness (QED) is 0.754. The molecule has 3 aliphatic rings. The van der Waals surface area contributed by atoms with Crippen LogP contribution in [-0.4, -0.2) is 37.0 Å². The van der Waals surface area contributed by atoms with Crippen LogP contribution in [0.5, 0.6) is 0 Å². The van der Waals surface area contributed by atoms with Crippen LogP contribution >= 0.6 is 23.1 Å². The van der Waals surface area contributed by atoms with E-state index in [0.29, 0.717) is 0 Å². The molecule has 1 atom stereocenters. The number of piperidine rings is 1. The van der Waals surface area contributed by atoms with Crippen molar-refractivity contribution in [3.63, 3.8) is 0 Å². The van der Waals surface area contributed by atoms with Gasteiger partial charge in [0.05, 0.1) is 4.91 Å². The zero-order valence-corrected chi connectivity index (χ0v) is 17.4. The summed E-state index contributed by atoms with van der Waals surface area (Å²) in [6, 6.07) is 0. The Bertz CT molecular complexity index is 694. The molecule has 0 saturated carbocycles. The summed E-state index contributed by atoms with van der Waals surface area (Å²) in [5.74, 6) is 1.93. The molecule has 2 aliphatic heterocycles. The predicted octanol–water partition coefficient (Wildman–Crippen LogP) is 4.45. The summed E-state index contributed by atoms with van der Waals surface area (Å²) in [6.07, 6.45) is 11.0. The van der Waals surface area contributed by atoms with Gasteiger partial charge in [0.15, 0.2) is 0 Å². The van der Waals surface area contributed by atoms with E-state index in [-0.39, 0.29) is 5.91 Å². The number of rotatable bonds is 5. The first-order valence-electron chi connectivity index (χ1n) is 10.2. The van der Waals surface area contributed by atoms with Gasteiger partial charge in [-0.25, -0.2) is 0 Å². The van der Waals surface area contributed by atoms with Crippen molar-refractivity contribution in [3.05, 3.63) is 25.8 Å². The molecule has 1 aliphatic carbocycles. The van der Waals surface area contributed by atoms with Gasteiger partial charge in [0.25, 0.3) is 5.91 Å². The normalized spacial score (nSPS) is 23.1. The number of thiophene rings is 1. The molecule has 0 spiro atoms. The third-order valence-corrected chi connectivity index (χ3v) is 8.18. The second-order valence-electron chi connectivity index (χ2n) is 8.01. The lowest BCUT2D eigenvalue weighted by Gasteiger charge is -2.30. The first-order chi connectivity index (χ1) is 12.7. The minimum Gasteiger partial charge on any atom is -0.352 e. The van der Waals surface area contributed by atoms with Crippen molar-refractivity contribution >= 4 is 35.1 Å². The number of aryl methyl sites for hydroxylation is 1. The van der Waals surface area contributed by atoms with E-state index in [1.165, 1.54) is 62.1 Å². The minimum atomic E-state index is 0.124. The lowest BCUT2D eigenvalue weighted by molar-refractivity contribution is -0.116. The zero-order valence-electron chi connectivity index (χ0n) is 15.8. The molecule has 3 heterocycles. The number of nitrogens with one attached hydrogen (secondary N) is 1. The average Bonchev–Trinajstić information content (AvgIpc) is 3.03. The van der Waals surface area contributed by atoms with Crippen molar-refractivity contribution < 1.29 is 4.79 Å². The molecule has 4 rings (SSSR count). The van der Waals surface area contributed by atoms with Crippen LogP contribution in [0.15, 0.2) is 4.91 Å². The largest absolute Gasteiger partial charge is 0.352 e. The second kappa shape index (κ2) is 8.49. The van der Waals surface area contributed by atoms with Gasteiger partial charge in [-0.3, -0.25) is 4.79 Å². The molecule has 1 fully saturated rings. The van der Waals surface area contributed by atoms with Gasteiger partial charge in [-0.05, 0) is 81.2 Å². The Labute approximate surface area is 165 Å². The number of thioether (sulfide) groups is 1. The number of hydrogen-bond acceptors (Lipinski definition) is 4. The van der Waals surface area contributed by atoms with Gasteiger partial charge in [0.1, 0.15) is 0 Å². The maximum atomic E-state index is 12.5. The number of likely N-dealkylation sites (tertiary alicyclic amines) is 1. The number of nitrogens with zero attached hydrogens (tertiary/aromatic N) is 1. The summed E-state index contributed by atoms with van der Waals surface area (Å²) in [5.41, 5.74) is 3.13. The van der Waals surface area contributed by atoms with Gasteiger partial charge in [0, 0.05) is 28.6 Å². The van der Waals surface area contributed by atoms with Crippen LogP contribution in [0, 0.1) is 5.92 Å². The third kappa shape index (κ3) is 4.20. The molecule has 1 N–H and O–H groups in total. The Hall–Kier alpha value is -0.780. The highest BCUT2D eigenvalue weighted by Gasteiger charge is 2.25. The Balaban J connectivity index is 1.28.